The molecule has 1 rings (SSSR count). The first kappa shape index (κ1) is 15.4. The first-order valence-corrected chi connectivity index (χ1v) is 5.89. The summed E-state index contributed by atoms with van der Waals surface area (Å²) in [5, 5.41) is 11.3. The molecule has 1 amide bonds. The predicted octanol–water partition coefficient (Wildman–Crippen LogP) is 2.16. The second kappa shape index (κ2) is 5.99. The summed E-state index contributed by atoms with van der Waals surface area (Å²) in [4.78, 5) is 11.5. The first-order valence-electron chi connectivity index (χ1n) is 5.89. The molecule has 4 N–H and O–H groups in total. The van der Waals surface area contributed by atoms with E-state index in [0.717, 1.165) is 6.07 Å². The van der Waals surface area contributed by atoms with Crippen molar-refractivity contribution in [1.29, 1.82) is 0 Å². The van der Waals surface area contributed by atoms with Crippen molar-refractivity contribution >= 4 is 11.8 Å². The fraction of sp³-hybridized carbons (Fsp3) is 0.462. The van der Waals surface area contributed by atoms with Crippen LogP contribution in [0, 0.1) is 5.82 Å². The molecule has 0 aliphatic carbocycles. The third-order valence-electron chi connectivity index (χ3n) is 2.24. The molecule has 1 unspecified atom stereocenters. The lowest BCUT2D eigenvalue weighted by Crippen LogP contribution is -2.27. The predicted molar refractivity (Wildman–Crippen MR) is 70.3 cm³/mol. The Morgan fingerprint density at radius 3 is 2.63 bits per heavy atom. The summed E-state index contributed by atoms with van der Waals surface area (Å²) in [5.41, 5.74) is 5.36. The Labute approximate surface area is 111 Å². The molecular weight excluding hydrogens is 251 g/mol. The maximum Gasteiger partial charge on any atom is 0.412 e. The van der Waals surface area contributed by atoms with Crippen LogP contribution >= 0.6 is 0 Å². The van der Waals surface area contributed by atoms with E-state index in [9.17, 15) is 9.18 Å². The smallest absolute Gasteiger partial charge is 0.412 e. The van der Waals surface area contributed by atoms with Crippen LogP contribution in [0.25, 0.3) is 0 Å². The van der Waals surface area contributed by atoms with E-state index in [1.54, 1.807) is 20.8 Å². The summed E-state index contributed by atoms with van der Waals surface area (Å²) in [6.07, 6.45) is -0.661. The van der Waals surface area contributed by atoms with Crippen LogP contribution in [0.1, 0.15) is 32.4 Å². The van der Waals surface area contributed by atoms with Crippen LogP contribution in [0.2, 0.25) is 0 Å². The third kappa shape index (κ3) is 4.84. The molecule has 0 aliphatic rings. The van der Waals surface area contributed by atoms with E-state index in [0.29, 0.717) is 0 Å². The second-order valence-corrected chi connectivity index (χ2v) is 5.15. The lowest BCUT2D eigenvalue weighted by Gasteiger charge is -2.20. The SMILES string of the molecule is CC(C)(C)OC(=O)Nc1ccc(C(N)CO)c(F)c1. The van der Waals surface area contributed by atoms with Gasteiger partial charge in [-0.1, -0.05) is 6.07 Å². The minimum absolute atomic E-state index is 0.192. The molecule has 5 nitrogen and oxygen atoms in total. The Hall–Kier alpha value is -1.66. The zero-order valence-electron chi connectivity index (χ0n) is 11.2. The maximum atomic E-state index is 13.7. The topological polar surface area (TPSA) is 84.6 Å². The molecular formula is C13H19FN2O3. The van der Waals surface area contributed by atoms with Gasteiger partial charge in [-0.3, -0.25) is 5.32 Å². The number of anilines is 1. The standard InChI is InChI=1S/C13H19FN2O3/c1-13(2,3)19-12(18)16-8-4-5-9(10(14)6-8)11(15)7-17/h4-6,11,17H,7,15H2,1-3H3,(H,16,18). The molecule has 0 fully saturated rings. The number of hydrogen-bond donors (Lipinski definition) is 3. The van der Waals surface area contributed by atoms with Gasteiger partial charge in [-0.25, -0.2) is 9.18 Å². The van der Waals surface area contributed by atoms with E-state index in [1.165, 1.54) is 12.1 Å². The van der Waals surface area contributed by atoms with Crippen molar-refractivity contribution in [1.82, 2.24) is 0 Å². The van der Waals surface area contributed by atoms with Gasteiger partial charge in [0.1, 0.15) is 11.4 Å². The maximum absolute atomic E-state index is 13.7. The van der Waals surface area contributed by atoms with Crippen molar-refractivity contribution in [3.63, 3.8) is 0 Å². The molecule has 0 aromatic heterocycles. The van der Waals surface area contributed by atoms with Crippen molar-refractivity contribution < 1.29 is 19.0 Å². The molecule has 6 heteroatoms. The molecule has 0 heterocycles. The fourth-order valence-electron chi connectivity index (χ4n) is 1.43. The van der Waals surface area contributed by atoms with Gasteiger partial charge in [0.05, 0.1) is 12.6 Å². The molecule has 0 bridgehead atoms. The molecule has 106 valence electrons. The lowest BCUT2D eigenvalue weighted by atomic mass is 10.1. The average molecular weight is 270 g/mol. The molecule has 1 atom stereocenters. The van der Waals surface area contributed by atoms with Crippen molar-refractivity contribution in [2.24, 2.45) is 5.73 Å². The number of hydrogen-bond acceptors (Lipinski definition) is 4. The summed E-state index contributed by atoms with van der Waals surface area (Å²) in [6, 6.07) is 3.27. The Morgan fingerprint density at radius 1 is 1.53 bits per heavy atom. The number of carbonyl (C=O) groups is 1. The van der Waals surface area contributed by atoms with Gasteiger partial charge in [0, 0.05) is 11.3 Å². The van der Waals surface area contributed by atoms with Gasteiger partial charge in [-0.05, 0) is 32.9 Å². The van der Waals surface area contributed by atoms with Crippen LogP contribution < -0.4 is 11.1 Å². The summed E-state index contributed by atoms with van der Waals surface area (Å²) in [5.74, 6) is -0.588. The molecule has 0 spiro atoms. The van der Waals surface area contributed by atoms with E-state index in [1.807, 2.05) is 0 Å². The van der Waals surface area contributed by atoms with E-state index in [-0.39, 0.29) is 17.9 Å². The molecule has 0 saturated heterocycles. The number of benzene rings is 1. The largest absolute Gasteiger partial charge is 0.444 e. The number of nitrogens with one attached hydrogen (secondary N) is 1. The van der Waals surface area contributed by atoms with Crippen molar-refractivity contribution in [3.8, 4) is 0 Å². The van der Waals surface area contributed by atoms with Gasteiger partial charge >= 0.3 is 6.09 Å². The molecule has 0 saturated carbocycles. The number of carbonyl (C=O) groups excluding carboxylic acids is 1. The minimum Gasteiger partial charge on any atom is -0.444 e. The van der Waals surface area contributed by atoms with Crippen molar-refractivity contribution in [2.45, 2.75) is 32.4 Å². The Balaban J connectivity index is 2.76. The van der Waals surface area contributed by atoms with Crippen LogP contribution in [0.3, 0.4) is 0 Å². The van der Waals surface area contributed by atoms with Crippen LogP contribution in [-0.2, 0) is 4.74 Å². The Kier molecular flexibility index (Phi) is 4.85. The van der Waals surface area contributed by atoms with E-state index in [2.05, 4.69) is 5.32 Å². The third-order valence-corrected chi connectivity index (χ3v) is 2.24. The number of rotatable bonds is 3. The van der Waals surface area contributed by atoms with Crippen molar-refractivity contribution in [3.05, 3.63) is 29.6 Å². The molecule has 19 heavy (non-hydrogen) atoms. The van der Waals surface area contributed by atoms with Crippen LogP contribution in [0.4, 0.5) is 14.9 Å². The molecule has 1 aromatic carbocycles. The average Bonchev–Trinajstić information content (AvgIpc) is 2.25. The van der Waals surface area contributed by atoms with Gasteiger partial charge in [0.2, 0.25) is 0 Å². The van der Waals surface area contributed by atoms with Gasteiger partial charge in [-0.2, -0.15) is 0 Å². The first-order chi connectivity index (χ1) is 8.73. The Morgan fingerprint density at radius 2 is 2.16 bits per heavy atom. The number of aliphatic hydroxyl groups excluding tert-OH is 1. The van der Waals surface area contributed by atoms with Crippen LogP contribution in [-0.4, -0.2) is 23.4 Å². The highest BCUT2D eigenvalue weighted by Crippen LogP contribution is 2.20. The van der Waals surface area contributed by atoms with E-state index >= 15 is 0 Å². The van der Waals surface area contributed by atoms with Crippen LogP contribution in [0.5, 0.6) is 0 Å². The number of aliphatic hydroxyl groups is 1. The number of halogens is 1. The quantitative estimate of drug-likeness (QED) is 0.785. The van der Waals surface area contributed by atoms with E-state index in [4.69, 9.17) is 15.6 Å². The monoisotopic (exact) mass is 270 g/mol. The van der Waals surface area contributed by atoms with Gasteiger partial charge in [0.15, 0.2) is 0 Å². The van der Waals surface area contributed by atoms with Crippen molar-refractivity contribution in [2.75, 3.05) is 11.9 Å². The summed E-state index contributed by atoms with van der Waals surface area (Å²) in [6.45, 7) is 4.85. The normalized spacial score (nSPS) is 12.9. The molecule has 0 aliphatic heterocycles. The number of nitrogens with two attached hydrogens (primary N) is 1. The number of ether oxygens (including phenoxy) is 1. The number of amides is 1. The van der Waals surface area contributed by atoms with Gasteiger partial charge in [0.25, 0.3) is 0 Å². The Bertz CT molecular complexity index is 458. The zero-order chi connectivity index (χ0) is 14.6. The highest BCUT2D eigenvalue weighted by atomic mass is 19.1. The lowest BCUT2D eigenvalue weighted by molar-refractivity contribution is 0.0636. The fourth-order valence-corrected chi connectivity index (χ4v) is 1.43. The molecule has 1 aromatic rings. The zero-order valence-corrected chi connectivity index (χ0v) is 11.2. The summed E-state index contributed by atoms with van der Waals surface area (Å²) >= 11 is 0. The summed E-state index contributed by atoms with van der Waals surface area (Å²) in [7, 11) is 0. The second-order valence-electron chi connectivity index (χ2n) is 5.15. The van der Waals surface area contributed by atoms with E-state index < -0.39 is 23.6 Å². The van der Waals surface area contributed by atoms with Crippen LogP contribution in [0.15, 0.2) is 18.2 Å². The minimum atomic E-state index is -0.782. The molecule has 0 radical (unpaired) electrons. The van der Waals surface area contributed by atoms with Gasteiger partial charge < -0.3 is 15.6 Å². The highest BCUT2D eigenvalue weighted by Gasteiger charge is 2.17. The van der Waals surface area contributed by atoms with Gasteiger partial charge in [-0.15, -0.1) is 0 Å². The summed E-state index contributed by atoms with van der Waals surface area (Å²) < 4.78 is 18.7. The highest BCUT2D eigenvalue weighted by molar-refractivity contribution is 5.84.